The number of fused-ring (bicyclic) bond motifs is 1. The summed E-state index contributed by atoms with van der Waals surface area (Å²) in [5, 5.41) is 3.17. The van der Waals surface area contributed by atoms with Gasteiger partial charge in [-0.15, -0.1) is 0 Å². The zero-order chi connectivity index (χ0) is 20.2. The fourth-order valence-electron chi connectivity index (χ4n) is 4.36. The molecule has 1 saturated heterocycles. The summed E-state index contributed by atoms with van der Waals surface area (Å²) in [5.41, 5.74) is 5.91. The van der Waals surface area contributed by atoms with E-state index in [4.69, 9.17) is 4.74 Å². The molecule has 0 saturated carbocycles. The second-order valence-corrected chi connectivity index (χ2v) is 8.15. The lowest BCUT2D eigenvalue weighted by molar-refractivity contribution is 0.0162. The maximum absolute atomic E-state index is 12.7. The number of anilines is 1. The number of benzene rings is 2. The molecule has 2 heterocycles. The first-order chi connectivity index (χ1) is 14.1. The van der Waals surface area contributed by atoms with Gasteiger partial charge in [0.1, 0.15) is 0 Å². The summed E-state index contributed by atoms with van der Waals surface area (Å²) < 4.78 is 5.56. The van der Waals surface area contributed by atoms with Crippen molar-refractivity contribution in [2.45, 2.75) is 25.8 Å². The van der Waals surface area contributed by atoms with Gasteiger partial charge in [0.2, 0.25) is 0 Å². The van der Waals surface area contributed by atoms with E-state index in [9.17, 15) is 4.79 Å². The van der Waals surface area contributed by atoms with Crippen LogP contribution in [0.4, 0.5) is 5.69 Å². The number of ether oxygens (including phenoxy) is 1. The van der Waals surface area contributed by atoms with E-state index >= 15 is 0 Å². The van der Waals surface area contributed by atoms with Gasteiger partial charge in [-0.05, 0) is 49.1 Å². The third-order valence-corrected chi connectivity index (χ3v) is 6.10. The third-order valence-electron chi connectivity index (χ3n) is 6.10. The summed E-state index contributed by atoms with van der Waals surface area (Å²) in [6, 6.07) is 14.7. The molecular weight excluding hydrogens is 362 g/mol. The highest BCUT2D eigenvalue weighted by molar-refractivity contribution is 5.94. The van der Waals surface area contributed by atoms with Crippen molar-refractivity contribution in [3.63, 3.8) is 0 Å². The van der Waals surface area contributed by atoms with Crippen LogP contribution in [-0.2, 0) is 11.2 Å². The van der Waals surface area contributed by atoms with Crippen LogP contribution in [0.3, 0.4) is 0 Å². The van der Waals surface area contributed by atoms with E-state index in [0.29, 0.717) is 12.1 Å². The van der Waals surface area contributed by atoms with Crippen LogP contribution in [0, 0.1) is 6.92 Å². The largest absolute Gasteiger partial charge is 0.379 e. The number of carbonyl (C=O) groups is 1. The molecule has 0 aromatic heterocycles. The van der Waals surface area contributed by atoms with Crippen molar-refractivity contribution in [3.8, 4) is 0 Å². The molecule has 4 rings (SSSR count). The summed E-state index contributed by atoms with van der Waals surface area (Å²) in [6.45, 7) is 7.02. The molecule has 1 fully saturated rings. The molecular formula is C24H31N3O2. The maximum Gasteiger partial charge on any atom is 0.251 e. The van der Waals surface area contributed by atoms with Crippen molar-refractivity contribution < 1.29 is 9.53 Å². The number of morpholine rings is 1. The van der Waals surface area contributed by atoms with E-state index < -0.39 is 0 Å². The van der Waals surface area contributed by atoms with Crippen LogP contribution in [0.2, 0.25) is 0 Å². The second kappa shape index (κ2) is 8.97. The van der Waals surface area contributed by atoms with Gasteiger partial charge in [-0.1, -0.05) is 29.8 Å². The van der Waals surface area contributed by atoms with E-state index in [2.05, 4.69) is 40.4 Å². The number of aryl methyl sites for hydroxylation is 2. The number of nitrogens with one attached hydrogen (secondary N) is 1. The van der Waals surface area contributed by atoms with Gasteiger partial charge < -0.3 is 15.0 Å². The molecule has 29 heavy (non-hydrogen) atoms. The molecule has 1 unspecified atom stereocenters. The monoisotopic (exact) mass is 393 g/mol. The highest BCUT2D eigenvalue weighted by atomic mass is 16.5. The Kier molecular flexibility index (Phi) is 6.16. The van der Waals surface area contributed by atoms with Gasteiger partial charge in [-0.25, -0.2) is 0 Å². The van der Waals surface area contributed by atoms with Gasteiger partial charge in [0.25, 0.3) is 5.91 Å². The van der Waals surface area contributed by atoms with Crippen molar-refractivity contribution in [2.24, 2.45) is 0 Å². The molecule has 5 heteroatoms. The van der Waals surface area contributed by atoms with Crippen LogP contribution in [0.1, 0.15) is 39.5 Å². The standard InChI is InChI=1S/C24H31N3O2/c1-18-5-7-19(8-6-18)24(28)25-17-23(27-12-14-29-15-13-27)21-9-10-22-20(16-21)4-3-11-26(22)2/h5-10,16,23H,3-4,11-15,17H2,1-2H3,(H,25,28). The van der Waals surface area contributed by atoms with Gasteiger partial charge in [0.05, 0.1) is 19.3 Å². The van der Waals surface area contributed by atoms with Crippen molar-refractivity contribution in [1.29, 1.82) is 0 Å². The summed E-state index contributed by atoms with van der Waals surface area (Å²) in [4.78, 5) is 17.5. The summed E-state index contributed by atoms with van der Waals surface area (Å²) >= 11 is 0. The Labute approximate surface area is 173 Å². The molecule has 2 aromatic rings. The molecule has 0 radical (unpaired) electrons. The predicted molar refractivity (Wildman–Crippen MR) is 117 cm³/mol. The number of hydrogen-bond donors (Lipinski definition) is 1. The van der Waals surface area contributed by atoms with E-state index in [1.165, 1.54) is 23.2 Å². The average Bonchev–Trinajstić information content (AvgIpc) is 2.75. The Bertz CT molecular complexity index is 844. The zero-order valence-corrected chi connectivity index (χ0v) is 17.5. The summed E-state index contributed by atoms with van der Waals surface area (Å²) in [5.74, 6) is -0.0130. The predicted octanol–water partition coefficient (Wildman–Crippen LogP) is 3.18. The Morgan fingerprint density at radius 2 is 1.86 bits per heavy atom. The number of hydrogen-bond acceptors (Lipinski definition) is 4. The number of amides is 1. The van der Waals surface area contributed by atoms with Crippen LogP contribution < -0.4 is 10.2 Å². The van der Waals surface area contributed by atoms with Crippen LogP contribution in [0.25, 0.3) is 0 Å². The van der Waals surface area contributed by atoms with E-state index in [0.717, 1.165) is 44.8 Å². The Morgan fingerprint density at radius 1 is 1.10 bits per heavy atom. The first-order valence-electron chi connectivity index (χ1n) is 10.6. The second-order valence-electron chi connectivity index (χ2n) is 8.15. The van der Waals surface area contributed by atoms with Crippen molar-refractivity contribution in [3.05, 3.63) is 64.7 Å². The minimum absolute atomic E-state index is 0.0130. The molecule has 154 valence electrons. The molecule has 2 aliphatic heterocycles. The fraction of sp³-hybridized carbons (Fsp3) is 0.458. The minimum Gasteiger partial charge on any atom is -0.379 e. The summed E-state index contributed by atoms with van der Waals surface area (Å²) in [7, 11) is 2.17. The molecule has 0 bridgehead atoms. The van der Waals surface area contributed by atoms with Gasteiger partial charge in [0, 0.05) is 44.5 Å². The van der Waals surface area contributed by atoms with E-state index in [1.807, 2.05) is 31.2 Å². The molecule has 2 aromatic carbocycles. The van der Waals surface area contributed by atoms with Gasteiger partial charge in [-0.3, -0.25) is 9.69 Å². The van der Waals surface area contributed by atoms with Crippen LogP contribution in [-0.4, -0.2) is 57.2 Å². The van der Waals surface area contributed by atoms with Gasteiger partial charge >= 0.3 is 0 Å². The van der Waals surface area contributed by atoms with Crippen LogP contribution in [0.5, 0.6) is 0 Å². The lowest BCUT2D eigenvalue weighted by atomic mass is 9.95. The summed E-state index contributed by atoms with van der Waals surface area (Å²) in [6.07, 6.45) is 2.32. The third kappa shape index (κ3) is 4.62. The highest BCUT2D eigenvalue weighted by Gasteiger charge is 2.25. The molecule has 0 spiro atoms. The minimum atomic E-state index is -0.0130. The fourth-order valence-corrected chi connectivity index (χ4v) is 4.36. The molecule has 1 N–H and O–H groups in total. The lowest BCUT2D eigenvalue weighted by Gasteiger charge is -2.36. The number of nitrogens with zero attached hydrogens (tertiary/aromatic N) is 2. The molecule has 5 nitrogen and oxygen atoms in total. The zero-order valence-electron chi connectivity index (χ0n) is 17.5. The quantitative estimate of drug-likeness (QED) is 0.848. The number of rotatable bonds is 5. The van der Waals surface area contributed by atoms with Crippen molar-refractivity contribution in [2.75, 3.05) is 51.3 Å². The number of carbonyl (C=O) groups excluding carboxylic acids is 1. The van der Waals surface area contributed by atoms with Gasteiger partial charge in [0.15, 0.2) is 0 Å². The first kappa shape index (κ1) is 19.9. The Morgan fingerprint density at radius 3 is 2.62 bits per heavy atom. The van der Waals surface area contributed by atoms with Crippen LogP contribution in [0.15, 0.2) is 42.5 Å². The first-order valence-corrected chi connectivity index (χ1v) is 10.6. The van der Waals surface area contributed by atoms with Crippen LogP contribution >= 0.6 is 0 Å². The topological polar surface area (TPSA) is 44.8 Å². The molecule has 2 aliphatic rings. The van der Waals surface area contributed by atoms with E-state index in [-0.39, 0.29) is 11.9 Å². The van der Waals surface area contributed by atoms with Gasteiger partial charge in [-0.2, -0.15) is 0 Å². The van der Waals surface area contributed by atoms with Crippen molar-refractivity contribution in [1.82, 2.24) is 10.2 Å². The van der Waals surface area contributed by atoms with Crippen molar-refractivity contribution >= 4 is 11.6 Å². The molecule has 1 atom stereocenters. The SMILES string of the molecule is Cc1ccc(C(=O)NCC(c2ccc3c(c2)CCCN3C)N2CCOCC2)cc1. The smallest absolute Gasteiger partial charge is 0.251 e. The van der Waals surface area contributed by atoms with E-state index in [1.54, 1.807) is 0 Å². The normalized spacial score (nSPS) is 18.2. The average molecular weight is 394 g/mol. The lowest BCUT2D eigenvalue weighted by Crippen LogP contribution is -2.44. The Hall–Kier alpha value is -2.37. The maximum atomic E-state index is 12.7. The highest BCUT2D eigenvalue weighted by Crippen LogP contribution is 2.31. The molecule has 0 aliphatic carbocycles. The molecule has 1 amide bonds. The Balaban J connectivity index is 1.53.